The van der Waals surface area contributed by atoms with E-state index in [0.29, 0.717) is 5.75 Å². The van der Waals surface area contributed by atoms with Crippen molar-refractivity contribution >= 4 is 35.1 Å². The number of carbonyl (C=O) groups excluding carboxylic acids is 2. The van der Waals surface area contributed by atoms with Crippen LogP contribution in [0.3, 0.4) is 0 Å². The number of benzene rings is 2. The van der Waals surface area contributed by atoms with Crippen LogP contribution in [0.5, 0.6) is 11.5 Å². The van der Waals surface area contributed by atoms with Gasteiger partial charge in [-0.3, -0.25) is 9.69 Å². The smallest absolute Gasteiger partial charge is 0.327 e. The summed E-state index contributed by atoms with van der Waals surface area (Å²) in [6.07, 6.45) is 3.71. The summed E-state index contributed by atoms with van der Waals surface area (Å²) in [5, 5.41) is 9.93. The van der Waals surface area contributed by atoms with Gasteiger partial charge in [0.2, 0.25) is 5.91 Å². The van der Waals surface area contributed by atoms with Crippen LogP contribution in [-0.2, 0) is 4.79 Å². The van der Waals surface area contributed by atoms with Crippen LogP contribution in [0.1, 0.15) is 35.6 Å². The molecule has 2 aromatic carbocycles. The maximum absolute atomic E-state index is 13.5. The molecule has 3 aliphatic rings. The number of aryl methyl sites for hydroxylation is 2. The van der Waals surface area contributed by atoms with E-state index in [1.165, 1.54) is 11.8 Å². The summed E-state index contributed by atoms with van der Waals surface area (Å²) in [6, 6.07) is 14.9. The van der Waals surface area contributed by atoms with E-state index < -0.39 is 11.3 Å². The van der Waals surface area contributed by atoms with Gasteiger partial charge in [-0.05, 0) is 80.8 Å². The lowest BCUT2D eigenvalue weighted by Crippen LogP contribution is -2.52. The number of nitrogens with one attached hydrogen (secondary N) is 3. The number of piperidine rings is 1. The van der Waals surface area contributed by atoms with Crippen LogP contribution in [0.4, 0.5) is 16.2 Å². The quantitative estimate of drug-likeness (QED) is 0.455. The van der Waals surface area contributed by atoms with Crippen molar-refractivity contribution in [2.75, 3.05) is 18.0 Å². The Balaban J connectivity index is 1.27. The molecule has 9 heteroatoms. The fraction of sp³-hybridized carbons (Fsp3) is 0.321. The first-order valence-corrected chi connectivity index (χ1v) is 13.5. The number of pyridine rings is 1. The first-order valence-electron chi connectivity index (χ1n) is 12.6. The highest BCUT2D eigenvalue weighted by molar-refractivity contribution is 8.01. The average molecular weight is 516 g/mol. The lowest BCUT2D eigenvalue weighted by Gasteiger charge is -2.35. The fourth-order valence-electron chi connectivity index (χ4n) is 5.28. The van der Waals surface area contributed by atoms with Crippen LogP contribution in [-0.4, -0.2) is 41.3 Å². The topological polar surface area (TPSA) is 95.6 Å². The highest BCUT2D eigenvalue weighted by Crippen LogP contribution is 2.51. The minimum absolute atomic E-state index is 0.0600. The van der Waals surface area contributed by atoms with Crippen LogP contribution in [0.2, 0.25) is 0 Å². The molecule has 3 aromatic rings. The normalized spacial score (nSPS) is 22.3. The third kappa shape index (κ3) is 4.53. The molecular formula is C28H29N5O3S. The summed E-state index contributed by atoms with van der Waals surface area (Å²) in [5.41, 5.74) is 4.43. The van der Waals surface area contributed by atoms with Gasteiger partial charge >= 0.3 is 6.03 Å². The highest BCUT2D eigenvalue weighted by Gasteiger charge is 2.47. The van der Waals surface area contributed by atoms with Crippen molar-refractivity contribution in [2.24, 2.45) is 0 Å². The highest BCUT2D eigenvalue weighted by atomic mass is 32.2. The van der Waals surface area contributed by atoms with Crippen molar-refractivity contribution in [3.8, 4) is 11.5 Å². The fourth-order valence-corrected chi connectivity index (χ4v) is 6.52. The molecule has 1 saturated heterocycles. The lowest BCUT2D eigenvalue weighted by atomic mass is 9.99. The molecule has 3 amide bonds. The Morgan fingerprint density at radius 2 is 2.00 bits per heavy atom. The molecule has 1 aromatic heterocycles. The third-order valence-corrected chi connectivity index (χ3v) is 8.33. The maximum Gasteiger partial charge on any atom is 0.327 e. The van der Waals surface area contributed by atoms with E-state index in [2.05, 4.69) is 20.9 Å². The molecule has 0 saturated carbocycles. The van der Waals surface area contributed by atoms with E-state index in [0.717, 1.165) is 64.8 Å². The standard InChI is InChI=1S/C28H29N5O3S/c1-16-5-3-7-19(13-16)36-20-8-9-21(17(2)14-20)33-22-10-12-30-27-23(22)24(32-28(33)35)25(37-27)26(34)31-18-6-4-11-29-15-18/h3,5,7-10,12-14,18,24-25,29H,4,6,11,15H2,1-2H3,(H,31,34)(H,32,35)/t18?,24?,25-/m1/s1. The zero-order chi connectivity index (χ0) is 25.5. The maximum atomic E-state index is 13.5. The number of rotatable bonds is 5. The summed E-state index contributed by atoms with van der Waals surface area (Å²) in [7, 11) is 0. The van der Waals surface area contributed by atoms with Crippen LogP contribution in [0.15, 0.2) is 59.8 Å². The molecule has 190 valence electrons. The molecule has 0 aliphatic carbocycles. The number of hydrogen-bond donors (Lipinski definition) is 3. The summed E-state index contributed by atoms with van der Waals surface area (Å²) in [5.74, 6) is 1.41. The Morgan fingerprint density at radius 3 is 2.78 bits per heavy atom. The van der Waals surface area contributed by atoms with E-state index in [4.69, 9.17) is 4.74 Å². The molecule has 3 N–H and O–H groups in total. The Hall–Kier alpha value is -3.56. The Morgan fingerprint density at radius 1 is 1.14 bits per heavy atom. The van der Waals surface area contributed by atoms with Gasteiger partial charge < -0.3 is 20.7 Å². The molecule has 6 rings (SSSR count). The van der Waals surface area contributed by atoms with Gasteiger partial charge in [0.1, 0.15) is 21.8 Å². The van der Waals surface area contributed by atoms with E-state index in [9.17, 15) is 9.59 Å². The predicted molar refractivity (Wildman–Crippen MR) is 144 cm³/mol. The van der Waals surface area contributed by atoms with Crippen molar-refractivity contribution in [3.63, 3.8) is 0 Å². The second kappa shape index (κ2) is 9.72. The summed E-state index contributed by atoms with van der Waals surface area (Å²) < 4.78 is 6.05. The first-order chi connectivity index (χ1) is 18.0. The Bertz CT molecular complexity index is 1370. The Labute approximate surface area is 220 Å². The molecule has 0 radical (unpaired) electrons. The second-order valence-electron chi connectivity index (χ2n) is 9.77. The average Bonchev–Trinajstić information content (AvgIpc) is 3.25. The number of amides is 3. The molecule has 8 nitrogen and oxygen atoms in total. The van der Waals surface area contributed by atoms with Gasteiger partial charge in [-0.25, -0.2) is 9.78 Å². The largest absolute Gasteiger partial charge is 0.457 e. The van der Waals surface area contributed by atoms with Crippen molar-refractivity contribution in [1.29, 1.82) is 0 Å². The summed E-state index contributed by atoms with van der Waals surface area (Å²) in [4.78, 5) is 33.0. The Kier molecular flexibility index (Phi) is 6.26. The van der Waals surface area contributed by atoms with Crippen molar-refractivity contribution in [3.05, 3.63) is 71.4 Å². The molecule has 3 atom stereocenters. The summed E-state index contributed by atoms with van der Waals surface area (Å²) in [6.45, 7) is 5.74. The minimum Gasteiger partial charge on any atom is -0.457 e. The molecule has 37 heavy (non-hydrogen) atoms. The molecule has 4 heterocycles. The van der Waals surface area contributed by atoms with E-state index in [1.807, 2.05) is 62.4 Å². The zero-order valence-corrected chi connectivity index (χ0v) is 21.6. The van der Waals surface area contributed by atoms with Gasteiger partial charge in [0.25, 0.3) is 0 Å². The number of thioether (sulfide) groups is 1. The number of nitrogens with zero attached hydrogens (tertiary/aromatic N) is 2. The third-order valence-electron chi connectivity index (χ3n) is 7.04. The molecule has 0 bridgehead atoms. The number of urea groups is 1. The second-order valence-corrected chi connectivity index (χ2v) is 10.9. The van der Waals surface area contributed by atoms with Crippen LogP contribution >= 0.6 is 11.8 Å². The van der Waals surface area contributed by atoms with E-state index in [1.54, 1.807) is 11.1 Å². The van der Waals surface area contributed by atoms with Crippen molar-refractivity contribution < 1.29 is 14.3 Å². The molecule has 1 fully saturated rings. The SMILES string of the molecule is Cc1cccc(Oc2ccc(N3C(=O)NC4c5c3ccnc5S[C@H]4C(=O)NC3CCCNC3)c(C)c2)c1. The predicted octanol–water partition coefficient (Wildman–Crippen LogP) is 4.74. The van der Waals surface area contributed by atoms with Gasteiger partial charge in [-0.2, -0.15) is 0 Å². The monoisotopic (exact) mass is 515 g/mol. The van der Waals surface area contributed by atoms with Crippen LogP contribution in [0, 0.1) is 13.8 Å². The summed E-state index contributed by atoms with van der Waals surface area (Å²) >= 11 is 1.42. The first kappa shape index (κ1) is 23.8. The number of anilines is 2. The van der Waals surface area contributed by atoms with Gasteiger partial charge in [-0.1, -0.05) is 23.9 Å². The van der Waals surface area contributed by atoms with Gasteiger partial charge in [0, 0.05) is 24.3 Å². The molecule has 2 unspecified atom stereocenters. The zero-order valence-electron chi connectivity index (χ0n) is 20.8. The number of ether oxygens (including phenoxy) is 1. The van der Waals surface area contributed by atoms with Gasteiger partial charge in [0.05, 0.1) is 17.4 Å². The lowest BCUT2D eigenvalue weighted by molar-refractivity contribution is -0.121. The number of carbonyl (C=O) groups is 2. The van der Waals surface area contributed by atoms with E-state index >= 15 is 0 Å². The van der Waals surface area contributed by atoms with Crippen LogP contribution < -0.4 is 25.6 Å². The van der Waals surface area contributed by atoms with Crippen molar-refractivity contribution in [1.82, 2.24) is 20.9 Å². The number of hydrogen-bond acceptors (Lipinski definition) is 6. The minimum atomic E-state index is -0.456. The van der Waals surface area contributed by atoms with Gasteiger partial charge in [-0.15, -0.1) is 0 Å². The van der Waals surface area contributed by atoms with Crippen LogP contribution in [0.25, 0.3) is 0 Å². The van der Waals surface area contributed by atoms with Crippen molar-refractivity contribution in [2.45, 2.75) is 49.0 Å². The van der Waals surface area contributed by atoms with Gasteiger partial charge in [0.15, 0.2) is 0 Å². The number of aromatic nitrogens is 1. The molecule has 0 spiro atoms. The molecular weight excluding hydrogens is 486 g/mol. The molecule has 3 aliphatic heterocycles. The van der Waals surface area contributed by atoms with E-state index in [-0.39, 0.29) is 18.0 Å².